The molecule has 4 aromatic carbocycles. The summed E-state index contributed by atoms with van der Waals surface area (Å²) in [6, 6.07) is 30.3. The molecule has 0 aromatic heterocycles. The maximum absolute atomic E-state index is 7.12. The average molecular weight is 727 g/mol. The van der Waals surface area contributed by atoms with Gasteiger partial charge in [0, 0.05) is 70.0 Å². The van der Waals surface area contributed by atoms with Crippen molar-refractivity contribution in [3.8, 4) is 5.75 Å². The number of anilines is 1. The van der Waals surface area contributed by atoms with Crippen molar-refractivity contribution in [2.24, 2.45) is 0 Å². The van der Waals surface area contributed by atoms with Crippen molar-refractivity contribution in [3.05, 3.63) is 159 Å². The first-order chi connectivity index (χ1) is 24.9. The van der Waals surface area contributed by atoms with Crippen molar-refractivity contribution in [2.45, 2.75) is 88.9 Å². The highest BCUT2D eigenvalue weighted by Crippen LogP contribution is 2.48. The minimum Gasteiger partial charge on any atom is -0.456 e. The van der Waals surface area contributed by atoms with Gasteiger partial charge in [-0.25, -0.2) is 0 Å². The minimum atomic E-state index is -0.0919. The molecule has 0 saturated carbocycles. The van der Waals surface area contributed by atoms with Gasteiger partial charge in [-0.1, -0.05) is 67.9 Å². The van der Waals surface area contributed by atoms with Crippen molar-refractivity contribution in [1.82, 2.24) is 0 Å². The Bertz CT molecular complexity index is 2180. The zero-order valence-electron chi connectivity index (χ0n) is 31.8. The first-order valence-corrected chi connectivity index (χ1v) is 19.9. The molecule has 0 radical (unpaired) electrons. The minimum absolute atomic E-state index is 0.0919. The van der Waals surface area contributed by atoms with E-state index in [-0.39, 0.29) is 10.8 Å². The van der Waals surface area contributed by atoms with Crippen LogP contribution in [0.5, 0.6) is 5.75 Å². The fraction of sp³-hybridized carbons (Fsp3) is 0.298. The van der Waals surface area contributed by atoms with Crippen LogP contribution in [0.3, 0.4) is 0 Å². The number of hydrogen-bond donors (Lipinski definition) is 0. The van der Waals surface area contributed by atoms with Crippen molar-refractivity contribution in [1.29, 1.82) is 0 Å². The van der Waals surface area contributed by atoms with Crippen molar-refractivity contribution >= 4 is 40.4 Å². The maximum atomic E-state index is 7.12. The SMILES string of the molecule is CCN1/C(=C/C=C2\CCC(/C=C/C3=[N+](CC)c4ccccc4C3(C)C)=C2Oc2c(C)cc([SH+]c3ccc(Cl)cc3)cc2C)C(C)(C)c2ccccc21. The second-order valence-electron chi connectivity index (χ2n) is 15.2. The highest BCUT2D eigenvalue weighted by atomic mass is 35.5. The van der Waals surface area contributed by atoms with E-state index in [1.54, 1.807) is 0 Å². The van der Waals surface area contributed by atoms with Crippen molar-refractivity contribution in [3.63, 3.8) is 0 Å². The third-order valence-electron chi connectivity index (χ3n) is 11.1. The number of halogens is 1. The van der Waals surface area contributed by atoms with Crippen LogP contribution in [0.15, 0.2) is 142 Å². The van der Waals surface area contributed by atoms with Gasteiger partial charge in [0.2, 0.25) is 5.69 Å². The molecule has 0 fully saturated rings. The maximum Gasteiger partial charge on any atom is 0.209 e. The highest BCUT2D eigenvalue weighted by molar-refractivity contribution is 7.78. The van der Waals surface area contributed by atoms with Crippen LogP contribution in [0.2, 0.25) is 5.02 Å². The Balaban J connectivity index is 1.29. The molecule has 2 heterocycles. The monoisotopic (exact) mass is 726 g/mol. The normalized spacial score (nSPS) is 19.1. The molecule has 0 amide bonds. The quantitative estimate of drug-likeness (QED) is 0.0969. The lowest BCUT2D eigenvalue weighted by Crippen LogP contribution is -2.27. The molecule has 2 aliphatic heterocycles. The van der Waals surface area contributed by atoms with Gasteiger partial charge in [0.05, 0.1) is 5.41 Å². The van der Waals surface area contributed by atoms with Gasteiger partial charge in [-0.2, -0.15) is 4.58 Å². The molecule has 7 rings (SSSR count). The summed E-state index contributed by atoms with van der Waals surface area (Å²) in [7, 11) is 0. The average Bonchev–Trinajstić information content (AvgIpc) is 3.69. The van der Waals surface area contributed by atoms with Gasteiger partial charge in [0.15, 0.2) is 15.5 Å². The standard InChI is InChI=1S/C47H50ClN2OS/c1-9-49-40-17-13-11-15-38(40)46(5,6)42(49)27-21-33-19-20-34(22-28-43-47(7,8)39-16-12-14-18-41(39)50(43)10-2)45(33)51-44-31(3)29-37(30-32(44)4)52-36-25-23-35(48)24-26-36/h11-18,21-30H,9-10,19-20H2,1-8H3/q+1/p+1. The molecule has 0 unspecified atom stereocenters. The molecule has 266 valence electrons. The molecular weight excluding hydrogens is 676 g/mol. The van der Waals surface area contributed by atoms with Gasteiger partial charge in [-0.05, 0) is 125 Å². The summed E-state index contributed by atoms with van der Waals surface area (Å²) in [5, 5.41) is 0.759. The molecule has 0 spiro atoms. The number of aryl methyl sites for hydroxylation is 2. The number of fused-ring (bicyclic) bond motifs is 2. The molecule has 5 heteroatoms. The Labute approximate surface area is 320 Å². The highest BCUT2D eigenvalue weighted by Gasteiger charge is 2.44. The molecule has 1 aliphatic carbocycles. The van der Waals surface area contributed by atoms with E-state index >= 15 is 0 Å². The van der Waals surface area contributed by atoms with E-state index in [1.807, 2.05) is 12.1 Å². The Kier molecular flexibility index (Phi) is 9.93. The van der Waals surface area contributed by atoms with Gasteiger partial charge in [-0.15, -0.1) is 0 Å². The summed E-state index contributed by atoms with van der Waals surface area (Å²) >= 11 is 7.32. The van der Waals surface area contributed by atoms with E-state index in [4.69, 9.17) is 16.3 Å². The fourth-order valence-corrected chi connectivity index (χ4v) is 9.63. The predicted molar refractivity (Wildman–Crippen MR) is 222 cm³/mol. The number of hydrogen-bond acceptors (Lipinski definition) is 2. The van der Waals surface area contributed by atoms with E-state index in [0.29, 0.717) is 0 Å². The van der Waals surface area contributed by atoms with Crippen LogP contribution in [0.1, 0.15) is 76.6 Å². The van der Waals surface area contributed by atoms with Crippen LogP contribution in [0.4, 0.5) is 11.4 Å². The van der Waals surface area contributed by atoms with Gasteiger partial charge in [-0.3, -0.25) is 0 Å². The van der Waals surface area contributed by atoms with Crippen molar-refractivity contribution < 1.29 is 9.31 Å². The summed E-state index contributed by atoms with van der Waals surface area (Å²) in [6.45, 7) is 20.1. The molecule has 0 atom stereocenters. The third-order valence-corrected chi connectivity index (χ3v) is 12.4. The van der Waals surface area contributed by atoms with Crippen LogP contribution in [0, 0.1) is 13.8 Å². The van der Waals surface area contributed by atoms with Crippen LogP contribution in [-0.2, 0) is 22.6 Å². The number of ether oxygens (including phenoxy) is 1. The van der Waals surface area contributed by atoms with E-state index in [2.05, 4.69) is 162 Å². The Morgan fingerprint density at radius 3 is 2.15 bits per heavy atom. The molecule has 52 heavy (non-hydrogen) atoms. The first kappa shape index (κ1) is 36.1. The molecule has 3 nitrogen and oxygen atoms in total. The van der Waals surface area contributed by atoms with Crippen LogP contribution >= 0.6 is 11.6 Å². The number of para-hydroxylation sites is 2. The lowest BCUT2D eigenvalue weighted by Gasteiger charge is -2.26. The zero-order chi connectivity index (χ0) is 36.8. The Hall–Kier alpha value is -4.25. The lowest BCUT2D eigenvalue weighted by atomic mass is 9.81. The van der Waals surface area contributed by atoms with E-state index < -0.39 is 0 Å². The summed E-state index contributed by atoms with van der Waals surface area (Å²) in [5.41, 5.74) is 12.6. The van der Waals surface area contributed by atoms with E-state index in [1.165, 1.54) is 54.8 Å². The lowest BCUT2D eigenvalue weighted by molar-refractivity contribution is -0.433. The van der Waals surface area contributed by atoms with Crippen LogP contribution in [-0.4, -0.2) is 23.4 Å². The van der Waals surface area contributed by atoms with Gasteiger partial charge in [0.1, 0.15) is 18.1 Å². The molecule has 0 bridgehead atoms. The molecular formula is C47H51ClN2OS+2. The number of thiol groups is 1. The summed E-state index contributed by atoms with van der Waals surface area (Å²) in [4.78, 5) is 4.93. The number of rotatable bonds is 9. The number of allylic oxidation sites excluding steroid dienone is 7. The molecule has 3 aliphatic rings. The summed E-state index contributed by atoms with van der Waals surface area (Å²) < 4.78 is 9.59. The second kappa shape index (κ2) is 14.3. The zero-order valence-corrected chi connectivity index (χ0v) is 33.5. The van der Waals surface area contributed by atoms with Crippen molar-refractivity contribution in [2.75, 3.05) is 18.0 Å². The molecule has 0 N–H and O–H groups in total. The number of benzene rings is 4. The largest absolute Gasteiger partial charge is 0.456 e. The Morgan fingerprint density at radius 2 is 1.46 bits per heavy atom. The second-order valence-corrected chi connectivity index (χ2v) is 16.9. The van der Waals surface area contributed by atoms with Crippen LogP contribution < -0.4 is 9.64 Å². The Morgan fingerprint density at radius 1 is 0.788 bits per heavy atom. The number of likely N-dealkylation sites (N-methyl/N-ethyl adjacent to an activating group) is 1. The smallest absolute Gasteiger partial charge is 0.209 e. The van der Waals surface area contributed by atoms with Gasteiger partial charge < -0.3 is 9.64 Å². The fourth-order valence-electron chi connectivity index (χ4n) is 8.39. The predicted octanol–water partition coefficient (Wildman–Crippen LogP) is 11.9. The number of nitrogens with zero attached hydrogens (tertiary/aromatic N) is 2. The van der Waals surface area contributed by atoms with E-state index in [9.17, 15) is 0 Å². The van der Waals surface area contributed by atoms with Gasteiger partial charge in [0.25, 0.3) is 0 Å². The van der Waals surface area contributed by atoms with Gasteiger partial charge >= 0.3 is 0 Å². The summed E-state index contributed by atoms with van der Waals surface area (Å²) in [5.74, 6) is 1.92. The molecule has 0 saturated heterocycles. The van der Waals surface area contributed by atoms with E-state index in [0.717, 1.165) is 65.4 Å². The summed E-state index contributed by atoms with van der Waals surface area (Å²) in [6.07, 6.45) is 11.2. The third kappa shape index (κ3) is 6.50. The topological polar surface area (TPSA) is 15.5 Å². The molecule has 4 aromatic rings. The van der Waals surface area contributed by atoms with Crippen LogP contribution in [0.25, 0.3) is 0 Å². The first-order valence-electron chi connectivity index (χ1n) is 18.6.